The van der Waals surface area contributed by atoms with E-state index in [-0.39, 0.29) is 23.3 Å². The number of amides is 1. The molecule has 3 rings (SSSR count). The molecule has 0 radical (unpaired) electrons. The van der Waals surface area contributed by atoms with Gasteiger partial charge < -0.3 is 20.5 Å². The van der Waals surface area contributed by atoms with E-state index in [2.05, 4.69) is 5.32 Å². The van der Waals surface area contributed by atoms with Gasteiger partial charge in [0.1, 0.15) is 5.75 Å². The van der Waals surface area contributed by atoms with Crippen molar-refractivity contribution >= 4 is 17.5 Å². The third-order valence-electron chi connectivity index (χ3n) is 5.63. The highest BCUT2D eigenvalue weighted by Gasteiger charge is 2.38. The summed E-state index contributed by atoms with van der Waals surface area (Å²) in [4.78, 5) is 12.6. The third-order valence-corrected chi connectivity index (χ3v) is 5.86. The van der Waals surface area contributed by atoms with Crippen molar-refractivity contribution in [3.63, 3.8) is 0 Å². The molecule has 1 aromatic carbocycles. The number of nitrogens with two attached hydrogens (primary N) is 1. The van der Waals surface area contributed by atoms with Gasteiger partial charge in [-0.1, -0.05) is 11.6 Å². The van der Waals surface area contributed by atoms with E-state index in [1.165, 1.54) is 0 Å². The van der Waals surface area contributed by atoms with Gasteiger partial charge in [-0.05, 0) is 50.3 Å². The Bertz CT molecular complexity index is 617. The lowest BCUT2D eigenvalue weighted by molar-refractivity contribution is -0.125. The number of hydrogen-bond donors (Lipinski definition) is 2. The summed E-state index contributed by atoms with van der Waals surface area (Å²) >= 11 is 6.25. The van der Waals surface area contributed by atoms with Crippen molar-refractivity contribution in [1.29, 1.82) is 0 Å². The molecule has 0 bridgehead atoms. The Morgan fingerprint density at radius 3 is 2.80 bits per heavy atom. The topological polar surface area (TPSA) is 73.6 Å². The number of rotatable bonds is 5. The van der Waals surface area contributed by atoms with E-state index in [0.29, 0.717) is 24.8 Å². The molecule has 2 atom stereocenters. The fourth-order valence-corrected chi connectivity index (χ4v) is 4.23. The molecular formula is C19H27ClN2O3. The maximum absolute atomic E-state index is 12.6. The van der Waals surface area contributed by atoms with Crippen LogP contribution in [0.3, 0.4) is 0 Å². The van der Waals surface area contributed by atoms with Crippen LogP contribution < -0.4 is 15.8 Å². The van der Waals surface area contributed by atoms with Crippen LogP contribution in [0.5, 0.6) is 5.75 Å². The van der Waals surface area contributed by atoms with Gasteiger partial charge in [-0.25, -0.2) is 0 Å². The summed E-state index contributed by atoms with van der Waals surface area (Å²) in [6, 6.07) is 5.84. The Morgan fingerprint density at radius 1 is 1.40 bits per heavy atom. The van der Waals surface area contributed by atoms with Crippen molar-refractivity contribution in [2.75, 3.05) is 26.9 Å². The van der Waals surface area contributed by atoms with Gasteiger partial charge in [-0.3, -0.25) is 4.79 Å². The van der Waals surface area contributed by atoms with Gasteiger partial charge in [0.2, 0.25) is 5.91 Å². The van der Waals surface area contributed by atoms with Gasteiger partial charge in [0, 0.05) is 47.7 Å². The van der Waals surface area contributed by atoms with Gasteiger partial charge in [-0.15, -0.1) is 0 Å². The highest BCUT2D eigenvalue weighted by Crippen LogP contribution is 2.41. The minimum atomic E-state index is -0.217. The zero-order valence-electron chi connectivity index (χ0n) is 14.7. The lowest BCUT2D eigenvalue weighted by Crippen LogP contribution is -2.46. The first-order valence-electron chi connectivity index (χ1n) is 8.99. The average Bonchev–Trinajstić information content (AvgIpc) is 3.07. The molecular weight excluding hydrogens is 340 g/mol. The van der Waals surface area contributed by atoms with Crippen LogP contribution in [0.25, 0.3) is 0 Å². The summed E-state index contributed by atoms with van der Waals surface area (Å²) in [6.07, 6.45) is 4.24. The van der Waals surface area contributed by atoms with Crippen LogP contribution in [-0.4, -0.2) is 38.8 Å². The van der Waals surface area contributed by atoms with Gasteiger partial charge in [0.25, 0.3) is 0 Å². The van der Waals surface area contributed by atoms with Crippen LogP contribution in [0.2, 0.25) is 5.02 Å². The summed E-state index contributed by atoms with van der Waals surface area (Å²) in [6.45, 7) is 1.90. The normalized spacial score (nSPS) is 25.6. The summed E-state index contributed by atoms with van der Waals surface area (Å²) in [5.41, 5.74) is 6.78. The second kappa shape index (κ2) is 7.94. The highest BCUT2D eigenvalue weighted by molar-refractivity contribution is 6.30. The number of carbonyl (C=O) groups excluding carboxylic acids is 1. The van der Waals surface area contributed by atoms with E-state index >= 15 is 0 Å². The molecule has 1 heterocycles. The number of halogens is 1. The van der Waals surface area contributed by atoms with Crippen molar-refractivity contribution in [3.05, 3.63) is 28.8 Å². The SMILES string of the molecule is COc1ccc(Cl)cc1C1(CNC(=O)[C@@H]2CC[C@H](N)C2)CCOCC1. The monoisotopic (exact) mass is 366 g/mol. The van der Waals surface area contributed by atoms with E-state index in [0.717, 1.165) is 43.4 Å². The van der Waals surface area contributed by atoms with E-state index < -0.39 is 0 Å². The molecule has 1 aliphatic carbocycles. The van der Waals surface area contributed by atoms with Crippen molar-refractivity contribution in [2.24, 2.45) is 11.7 Å². The zero-order chi connectivity index (χ0) is 17.9. The Hall–Kier alpha value is -1.30. The van der Waals surface area contributed by atoms with E-state index in [1.807, 2.05) is 18.2 Å². The van der Waals surface area contributed by atoms with Crippen molar-refractivity contribution in [3.8, 4) is 5.75 Å². The third kappa shape index (κ3) is 4.10. The van der Waals surface area contributed by atoms with E-state index in [9.17, 15) is 4.79 Å². The van der Waals surface area contributed by atoms with E-state index in [4.69, 9.17) is 26.8 Å². The summed E-state index contributed by atoms with van der Waals surface area (Å²) in [7, 11) is 1.66. The number of ether oxygens (including phenoxy) is 2. The number of carbonyl (C=O) groups is 1. The molecule has 1 saturated heterocycles. The van der Waals surface area contributed by atoms with Gasteiger partial charge in [0.15, 0.2) is 0 Å². The Labute approximate surface area is 154 Å². The first kappa shape index (κ1) is 18.5. The van der Waals surface area contributed by atoms with Crippen molar-refractivity contribution in [1.82, 2.24) is 5.32 Å². The molecule has 1 aromatic rings. The minimum absolute atomic E-state index is 0.0353. The fourth-order valence-electron chi connectivity index (χ4n) is 4.05. The molecule has 1 saturated carbocycles. The van der Waals surface area contributed by atoms with Gasteiger partial charge in [0.05, 0.1) is 7.11 Å². The minimum Gasteiger partial charge on any atom is -0.496 e. The summed E-state index contributed by atoms with van der Waals surface area (Å²) < 4.78 is 11.1. The van der Waals surface area contributed by atoms with Crippen LogP contribution >= 0.6 is 11.6 Å². The Kier molecular flexibility index (Phi) is 5.87. The number of benzene rings is 1. The smallest absolute Gasteiger partial charge is 0.223 e. The summed E-state index contributed by atoms with van der Waals surface area (Å²) in [5, 5.41) is 3.85. The molecule has 25 heavy (non-hydrogen) atoms. The molecule has 1 aliphatic heterocycles. The van der Waals surface area contributed by atoms with Crippen LogP contribution in [0.4, 0.5) is 0 Å². The molecule has 2 aliphatic rings. The largest absolute Gasteiger partial charge is 0.496 e. The molecule has 6 heteroatoms. The molecule has 138 valence electrons. The maximum Gasteiger partial charge on any atom is 0.223 e. The van der Waals surface area contributed by atoms with E-state index in [1.54, 1.807) is 7.11 Å². The van der Waals surface area contributed by atoms with Gasteiger partial charge >= 0.3 is 0 Å². The molecule has 0 aromatic heterocycles. The van der Waals surface area contributed by atoms with Crippen molar-refractivity contribution < 1.29 is 14.3 Å². The Morgan fingerprint density at radius 2 is 2.16 bits per heavy atom. The van der Waals surface area contributed by atoms with Crippen LogP contribution in [-0.2, 0) is 14.9 Å². The predicted octanol–water partition coefficient (Wildman–Crippen LogP) is 2.64. The second-order valence-corrected chi connectivity index (χ2v) is 7.66. The first-order chi connectivity index (χ1) is 12.0. The number of hydrogen-bond acceptors (Lipinski definition) is 4. The summed E-state index contributed by atoms with van der Waals surface area (Å²) in [5.74, 6) is 0.955. The maximum atomic E-state index is 12.6. The van der Waals surface area contributed by atoms with Crippen LogP contribution in [0.1, 0.15) is 37.7 Å². The van der Waals surface area contributed by atoms with Crippen molar-refractivity contribution in [2.45, 2.75) is 43.6 Å². The fraction of sp³-hybridized carbons (Fsp3) is 0.632. The average molecular weight is 367 g/mol. The predicted molar refractivity (Wildman–Crippen MR) is 98.1 cm³/mol. The lowest BCUT2D eigenvalue weighted by Gasteiger charge is -2.39. The zero-order valence-corrected chi connectivity index (χ0v) is 15.5. The number of nitrogens with one attached hydrogen (secondary N) is 1. The van der Waals surface area contributed by atoms with Crippen LogP contribution in [0, 0.1) is 5.92 Å². The molecule has 1 amide bonds. The quantitative estimate of drug-likeness (QED) is 0.840. The Balaban J connectivity index is 1.79. The van der Waals surface area contributed by atoms with Crippen LogP contribution in [0.15, 0.2) is 18.2 Å². The molecule has 0 unspecified atom stereocenters. The molecule has 3 N–H and O–H groups in total. The number of methoxy groups -OCH3 is 1. The second-order valence-electron chi connectivity index (χ2n) is 7.23. The van der Waals surface area contributed by atoms with Gasteiger partial charge in [-0.2, -0.15) is 0 Å². The molecule has 5 nitrogen and oxygen atoms in total. The molecule has 2 fully saturated rings. The molecule has 0 spiro atoms. The standard InChI is InChI=1S/C19H27ClN2O3/c1-24-17-5-3-14(20)11-16(17)19(6-8-25-9-7-19)12-22-18(23)13-2-4-15(21)10-13/h3,5,11,13,15H,2,4,6-10,12,21H2,1H3,(H,22,23)/t13-,15+/m1/s1. The lowest BCUT2D eigenvalue weighted by atomic mass is 9.73. The highest BCUT2D eigenvalue weighted by atomic mass is 35.5. The first-order valence-corrected chi connectivity index (χ1v) is 9.37.